The molecular weight excluding hydrogens is 412 g/mol. The Kier molecular flexibility index (Phi) is 6.74. The van der Waals surface area contributed by atoms with E-state index in [2.05, 4.69) is 25.8 Å². The lowest BCUT2D eigenvalue weighted by molar-refractivity contribution is -0.119. The molecule has 1 aromatic carbocycles. The van der Waals surface area contributed by atoms with Crippen molar-refractivity contribution in [3.8, 4) is 17.1 Å². The third kappa shape index (κ3) is 5.91. The highest BCUT2D eigenvalue weighted by molar-refractivity contribution is 8.00. The molecule has 0 saturated heterocycles. The summed E-state index contributed by atoms with van der Waals surface area (Å²) in [7, 11) is 0. The Morgan fingerprint density at radius 3 is 2.29 bits per heavy atom. The number of aromatic nitrogens is 4. The number of rotatable bonds is 5. The number of hydrogen-bond acceptors (Lipinski definition) is 6. The highest BCUT2D eigenvalue weighted by Gasteiger charge is 2.24. The van der Waals surface area contributed by atoms with Gasteiger partial charge in [-0.1, -0.05) is 29.5 Å². The van der Waals surface area contributed by atoms with Gasteiger partial charge < -0.3 is 5.32 Å². The molecule has 0 saturated carbocycles. The van der Waals surface area contributed by atoms with E-state index in [1.54, 1.807) is 19.3 Å². The van der Waals surface area contributed by atoms with Crippen LogP contribution in [0.1, 0.15) is 33.3 Å². The van der Waals surface area contributed by atoms with E-state index in [1.165, 1.54) is 11.8 Å². The summed E-state index contributed by atoms with van der Waals surface area (Å²) in [5.41, 5.74) is 2.43. The highest BCUT2D eigenvalue weighted by atomic mass is 32.2. The van der Waals surface area contributed by atoms with Crippen LogP contribution < -0.4 is 10.6 Å². The molecule has 0 aliphatic carbocycles. The fraction of sp³-hybridized carbons (Fsp3) is 0.318. The Morgan fingerprint density at radius 2 is 1.68 bits per heavy atom. The fourth-order valence-electron chi connectivity index (χ4n) is 2.76. The molecule has 1 unspecified atom stereocenters. The summed E-state index contributed by atoms with van der Waals surface area (Å²) < 4.78 is 1.90. The monoisotopic (exact) mass is 438 g/mol. The standard InChI is InChI=1S/C22H26N6O2S/c1-14-6-8-17(9-7-14)28-18(16-10-12-23-13-11-16)26-27-21(28)31-15(2)19(29)24-20(30)25-22(3,4)5/h6-13,15H,1-5H3,(H2,24,25,29,30). The zero-order valence-corrected chi connectivity index (χ0v) is 19.0. The molecule has 9 heteroatoms. The van der Waals surface area contributed by atoms with Gasteiger partial charge in [0.25, 0.3) is 0 Å². The summed E-state index contributed by atoms with van der Waals surface area (Å²) in [4.78, 5) is 28.7. The molecular formula is C22H26N6O2S. The van der Waals surface area contributed by atoms with Crippen LogP contribution >= 0.6 is 11.8 Å². The van der Waals surface area contributed by atoms with Crippen LogP contribution in [0.3, 0.4) is 0 Å². The van der Waals surface area contributed by atoms with E-state index in [4.69, 9.17) is 0 Å². The summed E-state index contributed by atoms with van der Waals surface area (Å²) >= 11 is 1.23. The van der Waals surface area contributed by atoms with E-state index in [-0.39, 0.29) is 0 Å². The van der Waals surface area contributed by atoms with Gasteiger partial charge in [-0.25, -0.2) is 4.79 Å². The van der Waals surface area contributed by atoms with Crippen LogP contribution in [0, 0.1) is 6.92 Å². The molecule has 8 nitrogen and oxygen atoms in total. The molecule has 2 heterocycles. The van der Waals surface area contributed by atoms with Crippen LogP contribution in [0.4, 0.5) is 4.79 Å². The van der Waals surface area contributed by atoms with Gasteiger partial charge in [0.1, 0.15) is 0 Å². The first-order valence-corrected chi connectivity index (χ1v) is 10.7. The van der Waals surface area contributed by atoms with E-state index in [9.17, 15) is 9.59 Å². The molecule has 3 amide bonds. The van der Waals surface area contributed by atoms with Gasteiger partial charge in [-0.3, -0.25) is 19.7 Å². The quantitative estimate of drug-likeness (QED) is 0.589. The Morgan fingerprint density at radius 1 is 1.03 bits per heavy atom. The normalized spacial score (nSPS) is 12.3. The Hall–Kier alpha value is -3.20. The van der Waals surface area contributed by atoms with Crippen molar-refractivity contribution >= 4 is 23.7 Å². The van der Waals surface area contributed by atoms with Gasteiger partial charge in [-0.15, -0.1) is 10.2 Å². The van der Waals surface area contributed by atoms with Crippen LogP contribution in [-0.2, 0) is 4.79 Å². The van der Waals surface area contributed by atoms with Crippen LogP contribution in [-0.4, -0.2) is 42.5 Å². The topological polar surface area (TPSA) is 102 Å². The van der Waals surface area contributed by atoms with Crippen molar-refractivity contribution in [2.45, 2.75) is 50.6 Å². The van der Waals surface area contributed by atoms with E-state index < -0.39 is 22.7 Å². The molecule has 0 spiro atoms. The van der Waals surface area contributed by atoms with Gasteiger partial charge in [-0.2, -0.15) is 0 Å². The number of aryl methyl sites for hydroxylation is 1. The Labute approximate surface area is 185 Å². The fourth-order valence-corrected chi connectivity index (χ4v) is 3.63. The van der Waals surface area contributed by atoms with Gasteiger partial charge in [0.05, 0.1) is 5.25 Å². The van der Waals surface area contributed by atoms with Crippen molar-refractivity contribution in [1.29, 1.82) is 0 Å². The number of amides is 3. The van der Waals surface area contributed by atoms with Crippen molar-refractivity contribution in [3.05, 3.63) is 54.4 Å². The summed E-state index contributed by atoms with van der Waals surface area (Å²) in [5.74, 6) is 0.238. The molecule has 162 valence electrons. The van der Waals surface area contributed by atoms with Crippen molar-refractivity contribution in [1.82, 2.24) is 30.4 Å². The predicted molar refractivity (Wildman–Crippen MR) is 121 cm³/mol. The maximum absolute atomic E-state index is 12.6. The molecule has 0 aliphatic rings. The first-order chi connectivity index (χ1) is 14.6. The third-order valence-electron chi connectivity index (χ3n) is 4.24. The van der Waals surface area contributed by atoms with Crippen molar-refractivity contribution in [2.75, 3.05) is 0 Å². The SMILES string of the molecule is Cc1ccc(-n2c(SC(C)C(=O)NC(=O)NC(C)(C)C)nnc2-c2ccncc2)cc1. The van der Waals surface area contributed by atoms with E-state index in [0.717, 1.165) is 16.8 Å². The van der Waals surface area contributed by atoms with Crippen LogP contribution in [0.5, 0.6) is 0 Å². The largest absolute Gasteiger partial charge is 0.333 e. The summed E-state index contributed by atoms with van der Waals surface area (Å²) in [6.07, 6.45) is 3.39. The molecule has 0 aliphatic heterocycles. The Balaban J connectivity index is 1.87. The van der Waals surface area contributed by atoms with Crippen molar-refractivity contribution in [3.63, 3.8) is 0 Å². The van der Waals surface area contributed by atoms with E-state index >= 15 is 0 Å². The molecule has 1 atom stereocenters. The molecule has 0 bridgehead atoms. The first-order valence-electron chi connectivity index (χ1n) is 9.86. The minimum atomic E-state index is -0.565. The van der Waals surface area contributed by atoms with Gasteiger partial charge in [-0.05, 0) is 58.9 Å². The lowest BCUT2D eigenvalue weighted by Gasteiger charge is -2.21. The van der Waals surface area contributed by atoms with Gasteiger partial charge >= 0.3 is 6.03 Å². The molecule has 2 aromatic heterocycles. The summed E-state index contributed by atoms with van der Waals surface area (Å²) in [6, 6.07) is 11.2. The van der Waals surface area contributed by atoms with Crippen molar-refractivity contribution in [2.24, 2.45) is 0 Å². The maximum Gasteiger partial charge on any atom is 0.321 e. The number of imide groups is 1. The molecule has 3 rings (SSSR count). The molecule has 2 N–H and O–H groups in total. The van der Waals surface area contributed by atoms with Crippen LogP contribution in [0.15, 0.2) is 53.9 Å². The number of carbonyl (C=O) groups excluding carboxylic acids is 2. The third-order valence-corrected chi connectivity index (χ3v) is 5.28. The minimum absolute atomic E-state index is 0.407. The molecule has 0 radical (unpaired) electrons. The zero-order chi connectivity index (χ0) is 22.6. The van der Waals surface area contributed by atoms with Gasteiger partial charge in [0.15, 0.2) is 11.0 Å². The number of pyridine rings is 1. The van der Waals surface area contributed by atoms with Crippen LogP contribution in [0.2, 0.25) is 0 Å². The second-order valence-corrected chi connectivity index (χ2v) is 9.47. The Bertz CT molecular complexity index is 1060. The predicted octanol–water partition coefficient (Wildman–Crippen LogP) is 3.74. The second kappa shape index (κ2) is 9.30. The first kappa shape index (κ1) is 22.5. The van der Waals surface area contributed by atoms with Crippen molar-refractivity contribution < 1.29 is 9.59 Å². The van der Waals surface area contributed by atoms with E-state index in [0.29, 0.717) is 11.0 Å². The molecule has 0 fully saturated rings. The number of nitrogens with zero attached hydrogens (tertiary/aromatic N) is 4. The maximum atomic E-state index is 12.6. The number of carbonyl (C=O) groups is 2. The summed E-state index contributed by atoms with van der Waals surface area (Å²) in [5, 5.41) is 13.8. The lowest BCUT2D eigenvalue weighted by Crippen LogP contribution is -2.49. The molecule has 3 aromatic rings. The smallest absolute Gasteiger partial charge is 0.321 e. The summed E-state index contributed by atoms with van der Waals surface area (Å²) in [6.45, 7) is 9.29. The van der Waals surface area contributed by atoms with Crippen LogP contribution in [0.25, 0.3) is 17.1 Å². The number of urea groups is 1. The molecule has 31 heavy (non-hydrogen) atoms. The average molecular weight is 439 g/mol. The number of benzene rings is 1. The zero-order valence-electron chi connectivity index (χ0n) is 18.2. The average Bonchev–Trinajstić information content (AvgIpc) is 3.11. The van der Waals surface area contributed by atoms with Gasteiger partial charge in [0.2, 0.25) is 5.91 Å². The number of nitrogens with one attached hydrogen (secondary N) is 2. The van der Waals surface area contributed by atoms with Gasteiger partial charge in [0, 0.05) is 29.2 Å². The highest BCUT2D eigenvalue weighted by Crippen LogP contribution is 2.30. The lowest BCUT2D eigenvalue weighted by atomic mass is 10.1. The second-order valence-electron chi connectivity index (χ2n) is 8.17. The van der Waals surface area contributed by atoms with E-state index in [1.807, 2.05) is 68.7 Å². The number of hydrogen-bond donors (Lipinski definition) is 2. The minimum Gasteiger partial charge on any atom is -0.333 e. The number of thioether (sulfide) groups is 1.